The highest BCUT2D eigenvalue weighted by Gasteiger charge is 2.40. The molecule has 2 heterocycles. The van der Waals surface area contributed by atoms with Gasteiger partial charge in [-0.25, -0.2) is 13.6 Å². The Morgan fingerprint density at radius 1 is 1.08 bits per heavy atom. The van der Waals surface area contributed by atoms with Crippen molar-refractivity contribution >= 4 is 10.0 Å². The molecule has 9 nitrogen and oxygen atoms in total. The van der Waals surface area contributed by atoms with Crippen molar-refractivity contribution in [3.8, 4) is 22.5 Å². The van der Waals surface area contributed by atoms with Crippen molar-refractivity contribution in [1.82, 2.24) is 25.5 Å². The topological polar surface area (TPSA) is 118 Å². The van der Waals surface area contributed by atoms with Crippen molar-refractivity contribution in [2.24, 2.45) is 5.14 Å². The molecular weight excluding hydrogens is 507 g/mol. The third-order valence-electron chi connectivity index (χ3n) is 6.68. The van der Waals surface area contributed by atoms with Gasteiger partial charge in [0.15, 0.2) is 0 Å². The van der Waals surface area contributed by atoms with Gasteiger partial charge in [-0.2, -0.15) is 18.4 Å². The summed E-state index contributed by atoms with van der Waals surface area (Å²) < 4.78 is 66.9. The number of sulfonamides is 1. The van der Waals surface area contributed by atoms with Crippen LogP contribution in [0.25, 0.3) is 22.5 Å². The third kappa shape index (κ3) is 6.35. The molecule has 1 fully saturated rings. The molecule has 3 N–H and O–H groups in total. The molecule has 0 radical (unpaired) electrons. The third-order valence-corrected chi connectivity index (χ3v) is 7.68. The second-order valence-corrected chi connectivity index (χ2v) is 11.9. The smallest absolute Gasteiger partial charge is 0.330 e. The number of nitrogens with one attached hydrogen (secondary N) is 1. The zero-order valence-electron chi connectivity index (χ0n) is 21.0. The number of benzene rings is 2. The van der Waals surface area contributed by atoms with Gasteiger partial charge >= 0.3 is 6.18 Å². The van der Waals surface area contributed by atoms with Crippen molar-refractivity contribution in [2.75, 3.05) is 47.3 Å². The molecule has 0 bridgehead atoms. The van der Waals surface area contributed by atoms with E-state index in [2.05, 4.69) is 46.7 Å². The zero-order chi connectivity index (χ0) is 27.0. The van der Waals surface area contributed by atoms with Gasteiger partial charge in [-0.3, -0.25) is 4.90 Å². The van der Waals surface area contributed by atoms with Crippen LogP contribution in [0.2, 0.25) is 0 Å². The van der Waals surface area contributed by atoms with E-state index in [9.17, 15) is 21.6 Å². The summed E-state index contributed by atoms with van der Waals surface area (Å²) in [6.07, 6.45) is -2.93. The number of hydrogen-bond donors (Lipinski definition) is 2. The molecule has 1 aliphatic rings. The predicted molar refractivity (Wildman–Crippen MR) is 133 cm³/mol. The fourth-order valence-electron chi connectivity index (χ4n) is 4.70. The van der Waals surface area contributed by atoms with E-state index in [1.54, 1.807) is 12.1 Å². The van der Waals surface area contributed by atoms with Crippen molar-refractivity contribution in [2.45, 2.75) is 29.8 Å². The summed E-state index contributed by atoms with van der Waals surface area (Å²) >= 11 is 0. The molecule has 0 atom stereocenters. The number of likely N-dealkylation sites (tertiary alicyclic amines) is 1. The lowest BCUT2D eigenvalue weighted by Crippen LogP contribution is -2.44. The first kappa shape index (κ1) is 27.2. The number of aromatic amines is 1. The van der Waals surface area contributed by atoms with Crippen LogP contribution in [0.4, 0.5) is 13.2 Å². The number of rotatable bonds is 7. The SMILES string of the molecule is C[N+](C)(C)CCN1CCC(c2ccc(-c3ccc(C(F)(F)F)c(S(N)(=O)=O)c3-c3nn[nH]n3)cc2)CC1. The van der Waals surface area contributed by atoms with E-state index in [0.717, 1.165) is 55.1 Å². The van der Waals surface area contributed by atoms with Crippen molar-refractivity contribution in [3.63, 3.8) is 0 Å². The van der Waals surface area contributed by atoms with Crippen molar-refractivity contribution in [1.29, 1.82) is 0 Å². The minimum atomic E-state index is -4.95. The quantitative estimate of drug-likeness (QED) is 0.447. The van der Waals surface area contributed by atoms with Crippen molar-refractivity contribution < 1.29 is 26.1 Å². The van der Waals surface area contributed by atoms with Gasteiger partial charge in [0.2, 0.25) is 15.8 Å². The molecule has 0 spiro atoms. The van der Waals surface area contributed by atoms with Gasteiger partial charge in [-0.05, 0) is 59.8 Å². The molecule has 200 valence electrons. The lowest BCUT2D eigenvalue weighted by Gasteiger charge is -2.34. The predicted octanol–water partition coefficient (Wildman–Crippen LogP) is 3.09. The monoisotopic (exact) mass is 538 g/mol. The number of nitrogens with zero attached hydrogens (tertiary/aromatic N) is 5. The largest absolute Gasteiger partial charge is 0.417 e. The fraction of sp³-hybridized carbons (Fsp3) is 0.458. The molecule has 0 aliphatic carbocycles. The van der Waals surface area contributed by atoms with Gasteiger partial charge < -0.3 is 4.48 Å². The highest BCUT2D eigenvalue weighted by atomic mass is 32.2. The molecular formula is C24H31F3N7O2S+. The molecule has 3 aromatic rings. The number of quaternary nitrogens is 1. The molecule has 13 heteroatoms. The average Bonchev–Trinajstić information content (AvgIpc) is 3.35. The summed E-state index contributed by atoms with van der Waals surface area (Å²) in [5.41, 5.74) is 0.133. The zero-order valence-corrected chi connectivity index (χ0v) is 21.8. The van der Waals surface area contributed by atoms with E-state index >= 15 is 0 Å². The van der Waals surface area contributed by atoms with Gasteiger partial charge in [-0.1, -0.05) is 30.3 Å². The second-order valence-electron chi connectivity index (χ2n) is 10.4. The van der Waals surface area contributed by atoms with Gasteiger partial charge in [-0.15, -0.1) is 10.2 Å². The Bertz CT molecular complexity index is 1330. The number of H-pyrrole nitrogens is 1. The molecule has 1 saturated heterocycles. The Balaban J connectivity index is 1.65. The Morgan fingerprint density at radius 3 is 2.24 bits per heavy atom. The Morgan fingerprint density at radius 2 is 1.73 bits per heavy atom. The van der Waals surface area contributed by atoms with Crippen LogP contribution in [0.15, 0.2) is 41.3 Å². The first-order valence-corrected chi connectivity index (χ1v) is 13.4. The van der Waals surface area contributed by atoms with E-state index in [1.807, 2.05) is 12.1 Å². The van der Waals surface area contributed by atoms with E-state index in [1.165, 1.54) is 6.07 Å². The minimum absolute atomic E-state index is 0.208. The van der Waals surface area contributed by atoms with E-state index < -0.39 is 26.7 Å². The number of likely N-dealkylation sites (N-methyl/N-ethyl adjacent to an activating group) is 1. The van der Waals surface area contributed by atoms with Gasteiger partial charge in [0.05, 0.1) is 38.8 Å². The summed E-state index contributed by atoms with van der Waals surface area (Å²) in [5, 5.41) is 18.3. The van der Waals surface area contributed by atoms with Crippen LogP contribution in [0, 0.1) is 0 Å². The maximum Gasteiger partial charge on any atom is 0.417 e. The van der Waals surface area contributed by atoms with Crippen LogP contribution in [0.1, 0.15) is 29.9 Å². The number of alkyl halides is 3. The minimum Gasteiger partial charge on any atom is -0.330 e. The highest BCUT2D eigenvalue weighted by Crippen LogP contribution is 2.43. The van der Waals surface area contributed by atoms with Crippen LogP contribution >= 0.6 is 0 Å². The molecule has 0 amide bonds. The number of aromatic nitrogens is 4. The number of primary sulfonamides is 1. The average molecular weight is 539 g/mol. The molecule has 4 rings (SSSR count). The molecule has 1 aliphatic heterocycles. The molecule has 0 saturated carbocycles. The maximum absolute atomic E-state index is 13.7. The van der Waals surface area contributed by atoms with Crippen LogP contribution in [0.3, 0.4) is 0 Å². The first-order valence-electron chi connectivity index (χ1n) is 11.9. The first-order chi connectivity index (χ1) is 17.2. The summed E-state index contributed by atoms with van der Waals surface area (Å²) in [4.78, 5) is 1.40. The van der Waals surface area contributed by atoms with Crippen LogP contribution in [-0.2, 0) is 16.2 Å². The molecule has 0 unspecified atom stereocenters. The number of nitrogens with two attached hydrogens (primary N) is 1. The number of halogens is 3. The van der Waals surface area contributed by atoms with E-state index in [0.29, 0.717) is 11.5 Å². The fourth-order valence-corrected chi connectivity index (χ4v) is 5.67. The van der Waals surface area contributed by atoms with Gasteiger partial charge in [0.1, 0.15) is 4.90 Å². The Kier molecular flexibility index (Phi) is 7.43. The van der Waals surface area contributed by atoms with Gasteiger partial charge in [0, 0.05) is 6.54 Å². The lowest BCUT2D eigenvalue weighted by molar-refractivity contribution is -0.869. The lowest BCUT2D eigenvalue weighted by atomic mass is 9.88. The van der Waals surface area contributed by atoms with Gasteiger partial charge in [0.25, 0.3) is 0 Å². The highest BCUT2D eigenvalue weighted by molar-refractivity contribution is 7.89. The maximum atomic E-state index is 13.7. The number of hydrogen-bond acceptors (Lipinski definition) is 6. The molecule has 2 aromatic carbocycles. The molecule has 1 aromatic heterocycles. The summed E-state index contributed by atoms with van der Waals surface area (Å²) in [7, 11) is 1.75. The normalized spacial score (nSPS) is 16.3. The van der Waals surface area contributed by atoms with Crippen LogP contribution in [-0.4, -0.2) is 85.7 Å². The van der Waals surface area contributed by atoms with E-state index in [4.69, 9.17) is 5.14 Å². The summed E-state index contributed by atoms with van der Waals surface area (Å²) in [6.45, 7) is 4.14. The summed E-state index contributed by atoms with van der Waals surface area (Å²) in [6, 6.07) is 9.37. The second kappa shape index (κ2) is 10.1. The summed E-state index contributed by atoms with van der Waals surface area (Å²) in [5.74, 6) is 0.0779. The van der Waals surface area contributed by atoms with Crippen molar-refractivity contribution in [3.05, 3.63) is 47.5 Å². The van der Waals surface area contributed by atoms with Crippen LogP contribution < -0.4 is 5.14 Å². The molecule has 37 heavy (non-hydrogen) atoms. The number of tetrazole rings is 1. The Hall–Kier alpha value is -2.87. The Labute approximate surface area is 214 Å². The van der Waals surface area contributed by atoms with E-state index in [-0.39, 0.29) is 17.0 Å². The van der Waals surface area contributed by atoms with Crippen LogP contribution in [0.5, 0.6) is 0 Å². The standard InChI is InChI=1S/C24H31F3N7O2S/c1-34(2,3)15-14-33-12-10-17(11-13-33)16-4-6-18(7-5-16)19-8-9-20(24(25,26)27)22(37(28,35)36)21(19)23-29-31-32-30-23/h4-9,17H,10-15H2,1-3H3,(H2,28,35,36)(H,29,30,31,32)/q+1. The number of piperidine rings is 1.